The summed E-state index contributed by atoms with van der Waals surface area (Å²) in [6, 6.07) is 9.16. The van der Waals surface area contributed by atoms with E-state index in [1.54, 1.807) is 0 Å². The van der Waals surface area contributed by atoms with Crippen molar-refractivity contribution >= 4 is 16.7 Å². The molecule has 0 bridgehead atoms. The molecule has 6 nitrogen and oxygen atoms in total. The highest BCUT2D eigenvalue weighted by Gasteiger charge is 2.26. The van der Waals surface area contributed by atoms with Crippen LogP contribution < -0.4 is 10.2 Å². The molecule has 3 aromatic rings. The van der Waals surface area contributed by atoms with Crippen molar-refractivity contribution in [1.29, 1.82) is 0 Å². The zero-order valence-electron chi connectivity index (χ0n) is 16.6. The van der Waals surface area contributed by atoms with Crippen LogP contribution in [0.2, 0.25) is 0 Å². The van der Waals surface area contributed by atoms with Crippen LogP contribution in [-0.2, 0) is 0 Å². The summed E-state index contributed by atoms with van der Waals surface area (Å²) < 4.78 is 5.26. The molecule has 5 rings (SSSR count). The predicted octanol–water partition coefficient (Wildman–Crippen LogP) is 3.87. The number of anilines is 1. The molecule has 1 aliphatic heterocycles. The molecule has 2 fully saturated rings. The minimum absolute atomic E-state index is 0.577. The van der Waals surface area contributed by atoms with Gasteiger partial charge in [-0.1, -0.05) is 16.8 Å². The second-order valence-corrected chi connectivity index (χ2v) is 8.31. The third-order valence-electron chi connectivity index (χ3n) is 5.91. The molecule has 1 aliphatic carbocycles. The van der Waals surface area contributed by atoms with Crippen LogP contribution in [0, 0.1) is 19.8 Å². The van der Waals surface area contributed by atoms with Crippen LogP contribution in [0.15, 0.2) is 28.8 Å². The molecule has 0 amide bonds. The molecular weight excluding hydrogens is 350 g/mol. The Morgan fingerprint density at radius 3 is 2.61 bits per heavy atom. The fraction of sp³-hybridized carbons (Fsp3) is 0.500. The van der Waals surface area contributed by atoms with Crippen LogP contribution in [0.25, 0.3) is 22.3 Å². The number of benzene rings is 1. The van der Waals surface area contributed by atoms with Crippen molar-refractivity contribution in [3.05, 3.63) is 35.7 Å². The second-order valence-electron chi connectivity index (χ2n) is 8.31. The summed E-state index contributed by atoms with van der Waals surface area (Å²) in [6.45, 7) is 7.11. The molecule has 0 atom stereocenters. The Kier molecular flexibility index (Phi) is 4.51. The number of piperidine rings is 1. The van der Waals surface area contributed by atoms with Crippen molar-refractivity contribution in [2.75, 3.05) is 24.5 Å². The van der Waals surface area contributed by atoms with Gasteiger partial charge in [0.25, 0.3) is 0 Å². The Morgan fingerprint density at radius 2 is 1.89 bits per heavy atom. The molecule has 2 aromatic heterocycles. The minimum Gasteiger partial charge on any atom is -0.356 e. The van der Waals surface area contributed by atoms with Crippen molar-refractivity contribution in [2.24, 2.45) is 5.92 Å². The Balaban J connectivity index is 1.44. The summed E-state index contributed by atoms with van der Waals surface area (Å²) >= 11 is 0. The lowest BCUT2D eigenvalue weighted by molar-refractivity contribution is 0.394. The van der Waals surface area contributed by atoms with Gasteiger partial charge in [0.15, 0.2) is 0 Å². The van der Waals surface area contributed by atoms with Crippen molar-refractivity contribution < 1.29 is 4.52 Å². The zero-order valence-corrected chi connectivity index (χ0v) is 16.6. The summed E-state index contributed by atoms with van der Waals surface area (Å²) in [7, 11) is 0. The topological polar surface area (TPSA) is 67.1 Å². The first kappa shape index (κ1) is 17.6. The normalized spacial score (nSPS) is 18.1. The fourth-order valence-electron chi connectivity index (χ4n) is 4.05. The van der Waals surface area contributed by atoms with Crippen molar-refractivity contribution in [3.8, 4) is 11.4 Å². The van der Waals surface area contributed by atoms with Gasteiger partial charge >= 0.3 is 0 Å². The molecule has 3 heterocycles. The van der Waals surface area contributed by atoms with E-state index in [-0.39, 0.29) is 0 Å². The standard InChI is InChI=1S/C22H27N5O/c1-14-3-6-20-17(11-14)12-19(21-24-15(2)28-26-21)22(25-20)27-9-7-18(8-10-27)23-13-16-4-5-16/h3,6,11-12,16,18,23H,4-5,7-10,13H2,1-2H3. The number of hydrogen-bond acceptors (Lipinski definition) is 6. The fourth-order valence-corrected chi connectivity index (χ4v) is 4.05. The van der Waals surface area contributed by atoms with Crippen LogP contribution in [0.5, 0.6) is 0 Å². The van der Waals surface area contributed by atoms with E-state index < -0.39 is 0 Å². The molecule has 28 heavy (non-hydrogen) atoms. The highest BCUT2D eigenvalue weighted by atomic mass is 16.5. The molecule has 0 unspecified atom stereocenters. The molecule has 2 aliphatic rings. The van der Waals surface area contributed by atoms with Gasteiger partial charge < -0.3 is 14.7 Å². The van der Waals surface area contributed by atoms with Gasteiger partial charge in [-0.15, -0.1) is 0 Å². The van der Waals surface area contributed by atoms with Gasteiger partial charge in [-0.3, -0.25) is 0 Å². The van der Waals surface area contributed by atoms with E-state index in [0.29, 0.717) is 17.8 Å². The van der Waals surface area contributed by atoms with Crippen molar-refractivity contribution in [2.45, 2.75) is 45.6 Å². The Labute approximate surface area is 165 Å². The SMILES string of the molecule is Cc1ccc2nc(N3CCC(NCC4CC4)CC3)c(-c3noc(C)n3)cc2c1. The van der Waals surface area contributed by atoms with E-state index in [1.165, 1.54) is 24.9 Å². The number of rotatable bonds is 5. The number of aryl methyl sites for hydroxylation is 2. The lowest BCUT2D eigenvalue weighted by Gasteiger charge is -2.34. The molecule has 6 heteroatoms. The number of aromatic nitrogens is 3. The molecule has 1 N–H and O–H groups in total. The summed E-state index contributed by atoms with van der Waals surface area (Å²) in [5.41, 5.74) is 3.19. The summed E-state index contributed by atoms with van der Waals surface area (Å²) in [4.78, 5) is 11.9. The molecule has 146 valence electrons. The Hall–Kier alpha value is -2.47. The molecule has 0 spiro atoms. The lowest BCUT2D eigenvalue weighted by Crippen LogP contribution is -2.43. The summed E-state index contributed by atoms with van der Waals surface area (Å²) in [5, 5.41) is 9.04. The van der Waals surface area contributed by atoms with Gasteiger partial charge in [0.1, 0.15) is 5.82 Å². The number of pyridine rings is 1. The van der Waals surface area contributed by atoms with Crippen molar-refractivity contribution in [1.82, 2.24) is 20.4 Å². The van der Waals surface area contributed by atoms with Gasteiger partial charge in [-0.25, -0.2) is 4.98 Å². The first-order valence-corrected chi connectivity index (χ1v) is 10.4. The quantitative estimate of drug-likeness (QED) is 0.728. The third kappa shape index (κ3) is 3.61. The molecule has 0 radical (unpaired) electrons. The maximum atomic E-state index is 5.26. The van der Waals surface area contributed by atoms with Crippen LogP contribution in [0.1, 0.15) is 37.1 Å². The van der Waals surface area contributed by atoms with Crippen LogP contribution in [0.3, 0.4) is 0 Å². The van der Waals surface area contributed by atoms with Gasteiger partial charge in [-0.2, -0.15) is 4.98 Å². The zero-order chi connectivity index (χ0) is 19.1. The maximum absolute atomic E-state index is 5.26. The van der Waals surface area contributed by atoms with E-state index in [9.17, 15) is 0 Å². The molecule has 1 saturated heterocycles. The van der Waals surface area contributed by atoms with Crippen LogP contribution in [0.4, 0.5) is 5.82 Å². The first-order chi connectivity index (χ1) is 13.7. The molecule has 1 aromatic carbocycles. The third-order valence-corrected chi connectivity index (χ3v) is 5.91. The predicted molar refractivity (Wildman–Crippen MR) is 110 cm³/mol. The number of fused-ring (bicyclic) bond motifs is 1. The second kappa shape index (κ2) is 7.17. The minimum atomic E-state index is 0.577. The van der Waals surface area contributed by atoms with E-state index in [0.717, 1.165) is 54.1 Å². The van der Waals surface area contributed by atoms with Gasteiger partial charge in [0.2, 0.25) is 11.7 Å². The van der Waals surface area contributed by atoms with Gasteiger partial charge in [0, 0.05) is 31.4 Å². The van der Waals surface area contributed by atoms with E-state index in [2.05, 4.69) is 51.5 Å². The molecule has 1 saturated carbocycles. The van der Waals surface area contributed by atoms with Gasteiger partial charge in [-0.05, 0) is 63.3 Å². The van der Waals surface area contributed by atoms with E-state index in [4.69, 9.17) is 9.51 Å². The van der Waals surface area contributed by atoms with Crippen LogP contribution in [-0.4, -0.2) is 40.8 Å². The van der Waals surface area contributed by atoms with Crippen molar-refractivity contribution in [3.63, 3.8) is 0 Å². The smallest absolute Gasteiger partial charge is 0.223 e. The summed E-state index contributed by atoms with van der Waals surface area (Å²) in [5.74, 6) is 3.10. The van der Waals surface area contributed by atoms with E-state index >= 15 is 0 Å². The number of nitrogens with one attached hydrogen (secondary N) is 1. The van der Waals surface area contributed by atoms with Gasteiger partial charge in [0.05, 0.1) is 11.1 Å². The van der Waals surface area contributed by atoms with Crippen LogP contribution >= 0.6 is 0 Å². The Bertz CT molecular complexity index is 986. The average molecular weight is 377 g/mol. The maximum Gasteiger partial charge on any atom is 0.223 e. The summed E-state index contributed by atoms with van der Waals surface area (Å²) in [6.07, 6.45) is 5.09. The monoisotopic (exact) mass is 377 g/mol. The molecular formula is C22H27N5O. The van der Waals surface area contributed by atoms with E-state index in [1.807, 2.05) is 6.92 Å². The Morgan fingerprint density at radius 1 is 1.07 bits per heavy atom. The highest BCUT2D eigenvalue weighted by Crippen LogP contribution is 2.33. The lowest BCUT2D eigenvalue weighted by atomic mass is 10.0. The number of nitrogens with zero attached hydrogens (tertiary/aromatic N) is 4. The first-order valence-electron chi connectivity index (χ1n) is 10.4. The average Bonchev–Trinajstić information content (AvgIpc) is 3.44. The highest BCUT2D eigenvalue weighted by molar-refractivity contribution is 5.88. The largest absolute Gasteiger partial charge is 0.356 e. The number of hydrogen-bond donors (Lipinski definition) is 1.